The number of imidazole rings is 1. The number of amides is 1. The third kappa shape index (κ3) is 4.37. The number of anilines is 1. The predicted octanol–water partition coefficient (Wildman–Crippen LogP) is 5.27. The van der Waals surface area contributed by atoms with Crippen LogP contribution in [-0.2, 0) is 4.74 Å². The minimum absolute atomic E-state index is 0.147. The monoisotopic (exact) mass is 488 g/mol. The molecule has 0 saturated carbocycles. The number of aromatic amines is 1. The number of nitrogens with two attached hydrogens (primary N) is 1. The van der Waals surface area contributed by atoms with Gasteiger partial charge in [-0.05, 0) is 62.4 Å². The molecule has 3 heterocycles. The summed E-state index contributed by atoms with van der Waals surface area (Å²) in [6, 6.07) is 13.2. The van der Waals surface area contributed by atoms with E-state index in [0.29, 0.717) is 17.4 Å². The van der Waals surface area contributed by atoms with Crippen molar-refractivity contribution in [3.05, 3.63) is 54.5 Å². The average Bonchev–Trinajstić information content (AvgIpc) is 3.56. The third-order valence-electron chi connectivity index (χ3n) is 6.21. The lowest BCUT2D eigenvalue weighted by atomic mass is 10.0. The maximum Gasteiger partial charge on any atom is 0.432 e. The highest BCUT2D eigenvalue weighted by Gasteiger charge is 2.34. The highest BCUT2D eigenvalue weighted by atomic mass is 16.6. The van der Waals surface area contributed by atoms with Crippen molar-refractivity contribution in [3.8, 4) is 22.4 Å². The second-order valence-electron chi connectivity index (χ2n) is 9.90. The van der Waals surface area contributed by atoms with Crippen LogP contribution in [0.15, 0.2) is 48.7 Å². The number of carbonyl (C=O) groups is 2. The van der Waals surface area contributed by atoms with Gasteiger partial charge in [-0.25, -0.2) is 14.6 Å². The van der Waals surface area contributed by atoms with Crippen molar-refractivity contribution >= 4 is 28.9 Å². The molecule has 10 nitrogen and oxygen atoms in total. The van der Waals surface area contributed by atoms with Gasteiger partial charge in [-0.2, -0.15) is 4.68 Å². The number of benzene rings is 2. The fourth-order valence-corrected chi connectivity index (χ4v) is 4.55. The molecule has 0 bridgehead atoms. The van der Waals surface area contributed by atoms with Crippen molar-refractivity contribution in [2.24, 2.45) is 0 Å². The quantitative estimate of drug-likeness (QED) is 0.357. The van der Waals surface area contributed by atoms with Crippen LogP contribution in [0.3, 0.4) is 0 Å². The minimum atomic E-state index is -1.19. The van der Waals surface area contributed by atoms with Crippen LogP contribution < -0.4 is 5.73 Å². The molecule has 10 heteroatoms. The number of rotatable bonds is 3. The van der Waals surface area contributed by atoms with E-state index < -0.39 is 11.7 Å². The van der Waals surface area contributed by atoms with E-state index >= 15 is 0 Å². The molecule has 186 valence electrons. The molecule has 1 aliphatic heterocycles. The summed E-state index contributed by atoms with van der Waals surface area (Å²) in [6.45, 7) is 6.22. The number of nitrogen functional groups attached to an aromatic ring is 1. The summed E-state index contributed by atoms with van der Waals surface area (Å²) >= 11 is 0. The SMILES string of the molecule is CC(C)(C)OC(=O)N1CCCC1c1ncc(-c2ccc(-c3ccc4c(N)nn(C(=O)O)c4c3)cc2)[nH]1. The largest absolute Gasteiger partial charge is 0.463 e. The van der Waals surface area contributed by atoms with Gasteiger partial charge in [-0.3, -0.25) is 4.90 Å². The van der Waals surface area contributed by atoms with Crippen molar-refractivity contribution in [1.29, 1.82) is 0 Å². The smallest absolute Gasteiger partial charge is 0.432 e. The molecule has 2 aromatic heterocycles. The number of ether oxygens (including phenoxy) is 1. The Morgan fingerprint density at radius 1 is 1.11 bits per heavy atom. The summed E-state index contributed by atoms with van der Waals surface area (Å²) < 4.78 is 6.46. The number of aromatic nitrogens is 4. The molecule has 2 aromatic carbocycles. The highest BCUT2D eigenvalue weighted by molar-refractivity contribution is 5.96. The Kier molecular flexibility index (Phi) is 5.66. The van der Waals surface area contributed by atoms with Gasteiger partial charge in [-0.1, -0.05) is 30.3 Å². The van der Waals surface area contributed by atoms with Crippen molar-refractivity contribution in [3.63, 3.8) is 0 Å². The Morgan fingerprint density at radius 2 is 1.81 bits per heavy atom. The molecule has 1 atom stereocenters. The molecule has 1 aliphatic rings. The van der Waals surface area contributed by atoms with E-state index in [-0.39, 0.29) is 18.0 Å². The van der Waals surface area contributed by atoms with Crippen LogP contribution >= 0.6 is 0 Å². The first-order valence-electron chi connectivity index (χ1n) is 11.8. The normalized spacial score (nSPS) is 16.0. The molecule has 1 fully saturated rings. The van der Waals surface area contributed by atoms with E-state index in [0.717, 1.165) is 45.7 Å². The molecule has 36 heavy (non-hydrogen) atoms. The summed E-state index contributed by atoms with van der Waals surface area (Å²) in [5, 5.41) is 13.9. The summed E-state index contributed by atoms with van der Waals surface area (Å²) in [5.74, 6) is 0.916. The van der Waals surface area contributed by atoms with Crippen LogP contribution in [0.2, 0.25) is 0 Å². The van der Waals surface area contributed by atoms with Crippen molar-refractivity contribution in [2.45, 2.75) is 45.3 Å². The number of likely N-dealkylation sites (tertiary alicyclic amines) is 1. The lowest BCUT2D eigenvalue weighted by Gasteiger charge is -2.27. The molecule has 1 unspecified atom stereocenters. The van der Waals surface area contributed by atoms with E-state index in [9.17, 15) is 14.7 Å². The van der Waals surface area contributed by atoms with E-state index in [4.69, 9.17) is 10.5 Å². The van der Waals surface area contributed by atoms with E-state index in [2.05, 4.69) is 15.1 Å². The Morgan fingerprint density at radius 3 is 2.50 bits per heavy atom. The Balaban J connectivity index is 1.37. The standard InChI is InChI=1S/C26H28N6O4/c1-26(2,3)36-25(35)31-12-4-5-20(31)23-28-14-19(29-23)16-8-6-15(7-9-16)17-10-11-18-21(13-17)32(24(33)34)30-22(18)27/h6-11,13-14,20H,4-5,12H2,1-3H3,(H2,27,30)(H,28,29)(H,33,34). The van der Waals surface area contributed by atoms with Crippen LogP contribution in [0.5, 0.6) is 0 Å². The number of carboxylic acid groups (broad SMARTS) is 1. The van der Waals surface area contributed by atoms with Crippen LogP contribution in [-0.4, -0.2) is 54.1 Å². The zero-order chi connectivity index (χ0) is 25.6. The summed E-state index contributed by atoms with van der Waals surface area (Å²) in [4.78, 5) is 33.8. The van der Waals surface area contributed by atoms with Crippen LogP contribution in [0.1, 0.15) is 45.5 Å². The lowest BCUT2D eigenvalue weighted by Crippen LogP contribution is -2.36. The number of fused-ring (bicyclic) bond motifs is 1. The first-order chi connectivity index (χ1) is 17.1. The first kappa shape index (κ1) is 23.4. The average molecular weight is 489 g/mol. The highest BCUT2D eigenvalue weighted by Crippen LogP contribution is 2.33. The van der Waals surface area contributed by atoms with Gasteiger partial charge in [0.25, 0.3) is 0 Å². The van der Waals surface area contributed by atoms with E-state index in [1.54, 1.807) is 23.2 Å². The van der Waals surface area contributed by atoms with Gasteiger partial charge in [0.15, 0.2) is 5.82 Å². The minimum Gasteiger partial charge on any atom is -0.463 e. The molecule has 4 N–H and O–H groups in total. The molecule has 0 spiro atoms. The summed E-state index contributed by atoms with van der Waals surface area (Å²) in [5.41, 5.74) is 9.30. The molecule has 4 aromatic rings. The molecule has 0 aliphatic carbocycles. The molecule has 1 amide bonds. The van der Waals surface area contributed by atoms with E-state index in [1.165, 1.54) is 0 Å². The van der Waals surface area contributed by atoms with Crippen LogP contribution in [0, 0.1) is 0 Å². The number of H-pyrrole nitrogens is 1. The number of hydrogen-bond donors (Lipinski definition) is 3. The Labute approximate surface area is 207 Å². The number of nitrogens with one attached hydrogen (secondary N) is 1. The number of carbonyl (C=O) groups excluding carboxylic acids is 1. The maximum absolute atomic E-state index is 12.7. The first-order valence-corrected chi connectivity index (χ1v) is 11.8. The summed E-state index contributed by atoms with van der Waals surface area (Å²) in [7, 11) is 0. The summed E-state index contributed by atoms with van der Waals surface area (Å²) in [6.07, 6.45) is 1.98. The third-order valence-corrected chi connectivity index (χ3v) is 6.21. The number of nitrogens with zero attached hydrogens (tertiary/aromatic N) is 4. The molecule has 0 radical (unpaired) electrons. The maximum atomic E-state index is 12.7. The van der Waals surface area contributed by atoms with Crippen LogP contribution in [0.25, 0.3) is 33.3 Å². The fraction of sp³-hybridized carbons (Fsp3) is 0.308. The van der Waals surface area contributed by atoms with Crippen molar-refractivity contribution < 1.29 is 19.4 Å². The Hall–Kier alpha value is -4.34. The van der Waals surface area contributed by atoms with Gasteiger partial charge in [0.05, 0.1) is 23.4 Å². The fourth-order valence-electron chi connectivity index (χ4n) is 4.55. The molecular formula is C26H28N6O4. The van der Waals surface area contributed by atoms with Crippen molar-refractivity contribution in [1.82, 2.24) is 24.6 Å². The van der Waals surface area contributed by atoms with Gasteiger partial charge in [0.1, 0.15) is 11.4 Å². The predicted molar refractivity (Wildman–Crippen MR) is 136 cm³/mol. The second kappa shape index (κ2) is 8.71. The number of hydrogen-bond acceptors (Lipinski definition) is 6. The molecule has 1 saturated heterocycles. The zero-order valence-electron chi connectivity index (χ0n) is 20.4. The van der Waals surface area contributed by atoms with Gasteiger partial charge in [-0.15, -0.1) is 5.10 Å². The van der Waals surface area contributed by atoms with Gasteiger partial charge >= 0.3 is 12.2 Å². The van der Waals surface area contributed by atoms with Gasteiger partial charge in [0.2, 0.25) is 0 Å². The van der Waals surface area contributed by atoms with E-state index in [1.807, 2.05) is 51.1 Å². The second-order valence-corrected chi connectivity index (χ2v) is 9.90. The van der Waals surface area contributed by atoms with Gasteiger partial charge < -0.3 is 20.6 Å². The van der Waals surface area contributed by atoms with Crippen LogP contribution in [0.4, 0.5) is 15.4 Å². The zero-order valence-corrected chi connectivity index (χ0v) is 20.4. The topological polar surface area (TPSA) is 139 Å². The Bertz CT molecular complexity index is 1450. The molecular weight excluding hydrogens is 460 g/mol. The lowest BCUT2D eigenvalue weighted by molar-refractivity contribution is 0.0218. The van der Waals surface area contributed by atoms with Gasteiger partial charge in [0, 0.05) is 11.9 Å². The van der Waals surface area contributed by atoms with Crippen molar-refractivity contribution in [2.75, 3.05) is 12.3 Å². The molecule has 5 rings (SSSR count).